The Kier molecular flexibility index (Phi) is 5.80. The lowest BCUT2D eigenvalue weighted by Gasteiger charge is -2.15. The highest BCUT2D eigenvalue weighted by molar-refractivity contribution is 7.92. The van der Waals surface area contributed by atoms with E-state index in [1.807, 2.05) is 0 Å². The summed E-state index contributed by atoms with van der Waals surface area (Å²) in [6.45, 7) is 1.56. The normalized spacial score (nSPS) is 11.2. The minimum atomic E-state index is -4.21. The zero-order valence-corrected chi connectivity index (χ0v) is 18.5. The molecule has 0 saturated heterocycles. The number of nitro groups is 1. The molecule has 0 aliphatic heterocycles. The summed E-state index contributed by atoms with van der Waals surface area (Å²) in [7, 11) is -2.66. The lowest BCUT2D eigenvalue weighted by molar-refractivity contribution is -0.385. The molecule has 1 aromatic heterocycles. The maximum atomic E-state index is 13.2. The molecule has 0 spiro atoms. The van der Waals surface area contributed by atoms with Crippen LogP contribution < -0.4 is 14.8 Å². The van der Waals surface area contributed by atoms with Crippen molar-refractivity contribution < 1.29 is 18.1 Å². The summed E-state index contributed by atoms with van der Waals surface area (Å²) in [5.41, 5.74) is 1.69. The minimum absolute atomic E-state index is 0.0459. The third-order valence-electron chi connectivity index (χ3n) is 4.83. The van der Waals surface area contributed by atoms with E-state index in [0.29, 0.717) is 28.0 Å². The monoisotopic (exact) mass is 465 g/mol. The summed E-state index contributed by atoms with van der Waals surface area (Å²) in [6.07, 6.45) is 0. The molecule has 0 bridgehead atoms. The van der Waals surface area contributed by atoms with Gasteiger partial charge in [0.1, 0.15) is 5.75 Å². The number of nitrogens with zero attached hydrogens (tertiary/aromatic N) is 3. The van der Waals surface area contributed by atoms with Crippen molar-refractivity contribution in [3.05, 3.63) is 82.4 Å². The number of rotatable bonds is 7. The molecule has 33 heavy (non-hydrogen) atoms. The van der Waals surface area contributed by atoms with Crippen LogP contribution in [-0.2, 0) is 10.0 Å². The second-order valence-electron chi connectivity index (χ2n) is 7.08. The number of hydrogen-bond acceptors (Lipinski definition) is 8. The first kappa shape index (κ1) is 22.0. The van der Waals surface area contributed by atoms with E-state index < -0.39 is 14.9 Å². The zero-order chi connectivity index (χ0) is 23.6. The van der Waals surface area contributed by atoms with Gasteiger partial charge in [-0.15, -0.1) is 0 Å². The molecule has 10 nitrogen and oxygen atoms in total. The zero-order valence-electron chi connectivity index (χ0n) is 17.6. The standard InChI is InChI=1S/C22H19N5O5S/c1-14-7-10-16(27(28)29)13-20(14)33(30,31)26-22-21(23-15-8-11-17(32-2)12-9-15)24-18-5-3-4-6-19(18)25-22/h3-13H,1-2H3,(H,23,24)(H,25,26). The Hall–Kier alpha value is -4.25. The number of sulfonamides is 1. The SMILES string of the molecule is COc1ccc(Nc2nc3ccccc3nc2NS(=O)(=O)c2cc([N+](=O)[O-])ccc2C)cc1. The Bertz CT molecular complexity index is 1460. The van der Waals surface area contributed by atoms with Crippen molar-refractivity contribution in [1.82, 2.24) is 9.97 Å². The predicted molar refractivity (Wildman–Crippen MR) is 124 cm³/mol. The molecule has 0 aliphatic rings. The average Bonchev–Trinajstić information content (AvgIpc) is 2.79. The molecule has 0 radical (unpaired) electrons. The molecular weight excluding hydrogens is 446 g/mol. The first-order valence-electron chi connectivity index (χ1n) is 9.72. The van der Waals surface area contributed by atoms with Crippen LogP contribution in [0.1, 0.15) is 5.56 Å². The summed E-state index contributed by atoms with van der Waals surface area (Å²) < 4.78 is 33.9. The number of hydrogen-bond donors (Lipinski definition) is 2. The molecule has 3 aromatic carbocycles. The van der Waals surface area contributed by atoms with E-state index in [1.165, 1.54) is 12.1 Å². The number of nitro benzene ring substituents is 1. The first-order valence-corrected chi connectivity index (χ1v) is 11.2. The highest BCUT2D eigenvalue weighted by atomic mass is 32.2. The topological polar surface area (TPSA) is 136 Å². The van der Waals surface area contributed by atoms with Gasteiger partial charge >= 0.3 is 0 Å². The molecular formula is C22H19N5O5S. The molecule has 0 fully saturated rings. The molecule has 0 atom stereocenters. The van der Waals surface area contributed by atoms with Crippen molar-refractivity contribution in [3.63, 3.8) is 0 Å². The van der Waals surface area contributed by atoms with Crippen molar-refractivity contribution in [1.29, 1.82) is 0 Å². The lowest BCUT2D eigenvalue weighted by atomic mass is 10.2. The highest BCUT2D eigenvalue weighted by Crippen LogP contribution is 2.29. The fourth-order valence-corrected chi connectivity index (χ4v) is 4.42. The van der Waals surface area contributed by atoms with Gasteiger partial charge < -0.3 is 10.1 Å². The summed E-state index contributed by atoms with van der Waals surface area (Å²) >= 11 is 0. The van der Waals surface area contributed by atoms with E-state index in [1.54, 1.807) is 62.6 Å². The smallest absolute Gasteiger partial charge is 0.270 e. The van der Waals surface area contributed by atoms with E-state index in [2.05, 4.69) is 20.0 Å². The Labute approximate surface area is 189 Å². The molecule has 1 heterocycles. The van der Waals surface area contributed by atoms with Gasteiger partial charge in [-0.2, -0.15) is 0 Å². The number of benzene rings is 3. The fraction of sp³-hybridized carbons (Fsp3) is 0.0909. The Morgan fingerprint density at radius 1 is 0.939 bits per heavy atom. The second-order valence-corrected chi connectivity index (χ2v) is 8.73. The minimum Gasteiger partial charge on any atom is -0.497 e. The molecule has 0 amide bonds. The Balaban J connectivity index is 1.78. The van der Waals surface area contributed by atoms with Crippen LogP contribution in [0.5, 0.6) is 5.75 Å². The van der Waals surface area contributed by atoms with Gasteiger partial charge in [-0.05, 0) is 48.9 Å². The van der Waals surface area contributed by atoms with E-state index in [4.69, 9.17) is 4.74 Å². The Morgan fingerprint density at radius 2 is 1.58 bits per heavy atom. The van der Waals surface area contributed by atoms with E-state index >= 15 is 0 Å². The van der Waals surface area contributed by atoms with Crippen LogP contribution in [0.3, 0.4) is 0 Å². The number of non-ortho nitro benzene ring substituents is 1. The third kappa shape index (κ3) is 4.67. The van der Waals surface area contributed by atoms with Crippen molar-refractivity contribution >= 4 is 44.1 Å². The van der Waals surface area contributed by atoms with Crippen LogP contribution >= 0.6 is 0 Å². The molecule has 0 unspecified atom stereocenters. The number of methoxy groups -OCH3 is 1. The molecule has 168 valence electrons. The van der Waals surface area contributed by atoms with Crippen LogP contribution in [0.4, 0.5) is 23.0 Å². The van der Waals surface area contributed by atoms with Gasteiger partial charge in [0.15, 0.2) is 11.6 Å². The summed E-state index contributed by atoms with van der Waals surface area (Å²) in [5, 5.41) is 14.2. The summed E-state index contributed by atoms with van der Waals surface area (Å²) in [4.78, 5) is 19.2. The van der Waals surface area contributed by atoms with Gasteiger partial charge in [0.05, 0.1) is 28.0 Å². The third-order valence-corrected chi connectivity index (χ3v) is 6.31. The van der Waals surface area contributed by atoms with Gasteiger partial charge in [-0.1, -0.05) is 18.2 Å². The van der Waals surface area contributed by atoms with Crippen molar-refractivity contribution in [2.75, 3.05) is 17.1 Å². The number of aryl methyl sites for hydroxylation is 1. The predicted octanol–water partition coefficient (Wildman–Crippen LogP) is 4.40. The van der Waals surface area contributed by atoms with Crippen LogP contribution in [0.2, 0.25) is 0 Å². The molecule has 11 heteroatoms. The van der Waals surface area contributed by atoms with Gasteiger partial charge in [-0.3, -0.25) is 14.8 Å². The van der Waals surface area contributed by atoms with Gasteiger partial charge in [0.25, 0.3) is 15.7 Å². The van der Waals surface area contributed by atoms with E-state index in [-0.39, 0.29) is 22.2 Å². The number of fused-ring (bicyclic) bond motifs is 1. The quantitative estimate of drug-likeness (QED) is 0.303. The van der Waals surface area contributed by atoms with E-state index in [0.717, 1.165) is 6.07 Å². The molecule has 0 saturated carbocycles. The van der Waals surface area contributed by atoms with Gasteiger partial charge in [0, 0.05) is 17.8 Å². The molecule has 4 rings (SSSR count). The van der Waals surface area contributed by atoms with Crippen molar-refractivity contribution in [2.45, 2.75) is 11.8 Å². The number of para-hydroxylation sites is 2. The average molecular weight is 465 g/mol. The van der Waals surface area contributed by atoms with Gasteiger partial charge in [-0.25, -0.2) is 18.4 Å². The lowest BCUT2D eigenvalue weighted by Crippen LogP contribution is -2.17. The first-order chi connectivity index (χ1) is 15.8. The number of nitrogens with one attached hydrogen (secondary N) is 2. The van der Waals surface area contributed by atoms with Crippen LogP contribution in [-0.4, -0.2) is 30.4 Å². The molecule has 0 aliphatic carbocycles. The largest absolute Gasteiger partial charge is 0.497 e. The number of aromatic nitrogens is 2. The maximum absolute atomic E-state index is 13.2. The molecule has 4 aromatic rings. The summed E-state index contributed by atoms with van der Waals surface area (Å²) in [6, 6.07) is 17.7. The van der Waals surface area contributed by atoms with Crippen molar-refractivity contribution in [3.8, 4) is 5.75 Å². The second kappa shape index (κ2) is 8.71. The van der Waals surface area contributed by atoms with Gasteiger partial charge in [0.2, 0.25) is 0 Å². The number of ether oxygens (including phenoxy) is 1. The van der Waals surface area contributed by atoms with Crippen LogP contribution in [0, 0.1) is 17.0 Å². The Morgan fingerprint density at radius 3 is 2.18 bits per heavy atom. The number of anilines is 3. The van der Waals surface area contributed by atoms with Crippen LogP contribution in [0.15, 0.2) is 71.6 Å². The maximum Gasteiger partial charge on any atom is 0.270 e. The highest BCUT2D eigenvalue weighted by Gasteiger charge is 2.23. The van der Waals surface area contributed by atoms with E-state index in [9.17, 15) is 18.5 Å². The van der Waals surface area contributed by atoms with Crippen molar-refractivity contribution in [2.24, 2.45) is 0 Å². The fourth-order valence-electron chi connectivity index (χ4n) is 3.14. The van der Waals surface area contributed by atoms with Crippen LogP contribution in [0.25, 0.3) is 11.0 Å². The summed E-state index contributed by atoms with van der Waals surface area (Å²) in [5.74, 6) is 0.785. The molecule has 2 N–H and O–H groups in total.